The van der Waals surface area contributed by atoms with Crippen LogP contribution in [0.3, 0.4) is 0 Å². The highest BCUT2D eigenvalue weighted by atomic mass is 28.4. The summed E-state index contributed by atoms with van der Waals surface area (Å²) in [4.78, 5) is 55.3. The number of fused-ring (bicyclic) bond motifs is 2. The number of likely N-dealkylation sites (tertiary alicyclic amines) is 1. The lowest BCUT2D eigenvalue weighted by Crippen LogP contribution is -2.60. The van der Waals surface area contributed by atoms with Crippen LogP contribution in [0.1, 0.15) is 37.3 Å². The molecule has 4 aliphatic heterocycles. The van der Waals surface area contributed by atoms with Crippen LogP contribution in [0.2, 0.25) is 18.6 Å². The van der Waals surface area contributed by atoms with Gasteiger partial charge in [0.15, 0.2) is 18.0 Å². The maximum absolute atomic E-state index is 16.3. The van der Waals surface area contributed by atoms with Crippen molar-refractivity contribution in [3.8, 4) is 0 Å². The SMILES string of the molecule is C[C@@H]1[C@@H]([Si](C)(C)F)[C@H](CC(=O)N2CCC[C@H]2CO)O[C@@]12C(=O)N(Cc1ccc(NC(=O)[C@H]3O[C@@H](O)[C@H](O)[C@@H](O)[C@@H]3O)cc1)c1ccc([N+](=O)[O-])cc12. The summed E-state index contributed by atoms with van der Waals surface area (Å²) in [7, 11) is -3.65. The number of non-ortho nitro benzene ring substituents is 1. The second-order valence-corrected chi connectivity index (χ2v) is 18.3. The molecular formula is C34H43FN4O12Si. The van der Waals surface area contributed by atoms with Crippen molar-refractivity contribution in [2.45, 2.75) is 99.8 Å². The number of nitrogens with one attached hydrogen (secondary N) is 1. The largest absolute Gasteiger partial charge is 0.394 e. The van der Waals surface area contributed by atoms with Crippen LogP contribution >= 0.6 is 0 Å². The van der Waals surface area contributed by atoms with E-state index in [0.717, 1.165) is 0 Å². The lowest BCUT2D eigenvalue weighted by atomic mass is 9.82. The number of ether oxygens (including phenoxy) is 2. The van der Waals surface area contributed by atoms with Gasteiger partial charge in [0.05, 0.1) is 42.3 Å². The fourth-order valence-electron chi connectivity index (χ4n) is 8.32. The summed E-state index contributed by atoms with van der Waals surface area (Å²) in [6.07, 6.45) is -8.92. The van der Waals surface area contributed by atoms with Gasteiger partial charge in [-0.2, -0.15) is 0 Å². The molecule has 0 aliphatic carbocycles. The van der Waals surface area contributed by atoms with Crippen molar-refractivity contribution >= 4 is 43.2 Å². The van der Waals surface area contributed by atoms with E-state index >= 15 is 4.11 Å². The molecule has 10 atom stereocenters. The number of carbonyl (C=O) groups excluding carboxylic acids is 3. The summed E-state index contributed by atoms with van der Waals surface area (Å²) in [5.41, 5.74) is -1.62. The van der Waals surface area contributed by atoms with Crippen molar-refractivity contribution in [2.75, 3.05) is 23.4 Å². The van der Waals surface area contributed by atoms with E-state index in [2.05, 4.69) is 5.32 Å². The van der Waals surface area contributed by atoms with Crippen LogP contribution in [0.25, 0.3) is 0 Å². The Morgan fingerprint density at radius 2 is 1.79 bits per heavy atom. The molecule has 1 spiro atoms. The van der Waals surface area contributed by atoms with Gasteiger partial charge in [-0.1, -0.05) is 19.1 Å². The maximum atomic E-state index is 16.3. The summed E-state index contributed by atoms with van der Waals surface area (Å²) in [6.45, 7) is 4.84. The van der Waals surface area contributed by atoms with Crippen LogP contribution in [-0.2, 0) is 36.0 Å². The Hall–Kier alpha value is -3.88. The van der Waals surface area contributed by atoms with Crippen LogP contribution in [0.5, 0.6) is 0 Å². The number of halogens is 1. The Labute approximate surface area is 299 Å². The van der Waals surface area contributed by atoms with E-state index in [9.17, 15) is 50.0 Å². The van der Waals surface area contributed by atoms with E-state index in [4.69, 9.17) is 9.47 Å². The smallest absolute Gasteiger partial charge is 0.269 e. The summed E-state index contributed by atoms with van der Waals surface area (Å²) < 4.78 is 27.8. The number of aliphatic hydroxyl groups excluding tert-OH is 5. The average Bonchev–Trinajstić information content (AvgIpc) is 3.76. The van der Waals surface area contributed by atoms with Crippen molar-refractivity contribution in [2.24, 2.45) is 5.92 Å². The van der Waals surface area contributed by atoms with Crippen molar-refractivity contribution < 1.29 is 58.4 Å². The van der Waals surface area contributed by atoms with Crippen molar-refractivity contribution in [3.63, 3.8) is 0 Å². The molecule has 0 aromatic heterocycles. The second-order valence-electron chi connectivity index (χ2n) is 14.5. The monoisotopic (exact) mass is 746 g/mol. The molecule has 52 heavy (non-hydrogen) atoms. The Morgan fingerprint density at radius 3 is 2.42 bits per heavy atom. The van der Waals surface area contributed by atoms with Gasteiger partial charge in [-0.3, -0.25) is 24.5 Å². The van der Waals surface area contributed by atoms with Gasteiger partial charge in [0.2, 0.25) is 14.3 Å². The topological polar surface area (TPSA) is 232 Å². The first-order chi connectivity index (χ1) is 24.5. The number of aliphatic hydroxyl groups is 5. The van der Waals surface area contributed by atoms with Crippen LogP contribution in [0.15, 0.2) is 42.5 Å². The van der Waals surface area contributed by atoms with Crippen LogP contribution in [-0.4, -0.2) is 117 Å². The summed E-state index contributed by atoms with van der Waals surface area (Å²) in [5, 5.41) is 63.8. The predicted molar refractivity (Wildman–Crippen MR) is 183 cm³/mol. The highest BCUT2D eigenvalue weighted by Gasteiger charge is 2.67. The predicted octanol–water partition coefficient (Wildman–Crippen LogP) is 1.03. The maximum Gasteiger partial charge on any atom is 0.269 e. The van der Waals surface area contributed by atoms with E-state index in [1.54, 1.807) is 24.0 Å². The Bertz CT molecular complexity index is 1730. The normalized spacial score (nSPS) is 33.1. The van der Waals surface area contributed by atoms with E-state index in [-0.39, 0.29) is 48.5 Å². The molecule has 4 aliphatic rings. The Morgan fingerprint density at radius 1 is 1.10 bits per heavy atom. The Balaban J connectivity index is 1.27. The summed E-state index contributed by atoms with van der Waals surface area (Å²) >= 11 is 0. The minimum Gasteiger partial charge on any atom is -0.394 e. The van der Waals surface area contributed by atoms with Gasteiger partial charge in [0, 0.05) is 41.4 Å². The van der Waals surface area contributed by atoms with Gasteiger partial charge < -0.3 is 54.2 Å². The molecule has 282 valence electrons. The number of hydrogen-bond acceptors (Lipinski definition) is 12. The second kappa shape index (κ2) is 14.2. The highest BCUT2D eigenvalue weighted by molar-refractivity contribution is 6.72. The third-order valence-corrected chi connectivity index (χ3v) is 13.3. The first-order valence-electron chi connectivity index (χ1n) is 17.1. The minimum absolute atomic E-state index is 0.0485. The first kappa shape index (κ1) is 37.9. The third-order valence-electron chi connectivity index (χ3n) is 10.8. The zero-order chi connectivity index (χ0) is 37.9. The molecule has 3 amide bonds. The van der Waals surface area contributed by atoms with Crippen LogP contribution in [0.4, 0.5) is 21.2 Å². The third kappa shape index (κ3) is 6.51. The van der Waals surface area contributed by atoms with Crippen LogP contribution in [0, 0.1) is 16.0 Å². The number of amides is 3. The van der Waals surface area contributed by atoms with Crippen molar-refractivity contribution in [1.29, 1.82) is 0 Å². The molecular weight excluding hydrogens is 703 g/mol. The van der Waals surface area contributed by atoms with Crippen molar-refractivity contribution in [1.82, 2.24) is 4.90 Å². The van der Waals surface area contributed by atoms with Crippen LogP contribution < -0.4 is 10.2 Å². The lowest BCUT2D eigenvalue weighted by molar-refractivity contribution is -0.385. The number of carbonyl (C=O) groups is 3. The van der Waals surface area contributed by atoms with Gasteiger partial charge in [0.1, 0.15) is 18.3 Å². The molecule has 18 heteroatoms. The van der Waals surface area contributed by atoms with E-state index in [1.165, 1.54) is 48.3 Å². The molecule has 6 N–H and O–H groups in total. The number of rotatable bonds is 9. The molecule has 0 bridgehead atoms. The lowest BCUT2D eigenvalue weighted by Gasteiger charge is -2.37. The summed E-state index contributed by atoms with van der Waals surface area (Å²) in [5.74, 6) is -2.60. The van der Waals surface area contributed by atoms with E-state index in [0.29, 0.717) is 30.6 Å². The first-order valence-corrected chi connectivity index (χ1v) is 20.1. The average molecular weight is 747 g/mol. The zero-order valence-electron chi connectivity index (χ0n) is 28.8. The molecule has 16 nitrogen and oxygen atoms in total. The number of nitro groups is 1. The van der Waals surface area contributed by atoms with Gasteiger partial charge >= 0.3 is 0 Å². The van der Waals surface area contributed by atoms with E-state index in [1.807, 2.05) is 0 Å². The van der Waals surface area contributed by atoms with Gasteiger partial charge in [-0.15, -0.1) is 0 Å². The fourth-order valence-corrected chi connectivity index (χ4v) is 10.8. The molecule has 3 saturated heterocycles. The number of benzene rings is 2. The summed E-state index contributed by atoms with van der Waals surface area (Å²) in [6, 6.07) is 9.81. The minimum atomic E-state index is -3.65. The molecule has 6 rings (SSSR count). The van der Waals surface area contributed by atoms with Gasteiger partial charge in [-0.25, -0.2) is 0 Å². The number of anilines is 2. The van der Waals surface area contributed by atoms with Gasteiger partial charge in [0.25, 0.3) is 17.5 Å². The molecule has 2 aromatic rings. The Kier molecular flexibility index (Phi) is 10.3. The molecule has 4 heterocycles. The number of hydrogen-bond donors (Lipinski definition) is 6. The molecule has 2 aromatic carbocycles. The highest BCUT2D eigenvalue weighted by Crippen LogP contribution is 2.60. The zero-order valence-corrected chi connectivity index (χ0v) is 29.8. The molecule has 0 unspecified atom stereocenters. The molecule has 3 fully saturated rings. The molecule has 0 saturated carbocycles. The quantitative estimate of drug-likeness (QED) is 0.0915. The number of nitrogens with zero attached hydrogens (tertiary/aromatic N) is 3. The standard InChI is InChI=1S/C34H43FN4O12Si/c1-17-30(52(2,3)35)24(14-25(41)37-12-4-5-21(37)16-40)51-34(17)22-13-20(39(48)49)10-11-23(22)38(33(34)47)15-18-6-8-19(9-7-18)36-31(45)29-27(43)26(42)28(44)32(46)50-29/h6-11,13,17,21,24,26-30,32,40,42-44,46H,4-5,12,14-16H2,1-3H3,(H,36,45)/t17-,21+,24+,26+,27+,28-,29+,30-,32-,34+/m1/s1. The van der Waals surface area contributed by atoms with Gasteiger partial charge in [-0.05, 0) is 49.7 Å². The molecule has 0 radical (unpaired) electrons. The van der Waals surface area contributed by atoms with Crippen molar-refractivity contribution in [3.05, 3.63) is 63.7 Å². The van der Waals surface area contributed by atoms with E-state index < -0.39 is 79.0 Å². The fraction of sp³-hybridized carbons (Fsp3) is 0.559. The number of nitro benzene ring substituents is 1.